The highest BCUT2D eigenvalue weighted by Gasteiger charge is 2.25. The third kappa shape index (κ3) is 2.12. The second kappa shape index (κ2) is 4.26. The van der Waals surface area contributed by atoms with Gasteiger partial charge in [0.2, 0.25) is 0 Å². The molecule has 0 aliphatic rings. The highest BCUT2D eigenvalue weighted by Crippen LogP contribution is 2.26. The molecule has 1 aromatic rings. The van der Waals surface area contributed by atoms with E-state index in [1.165, 1.54) is 0 Å². The summed E-state index contributed by atoms with van der Waals surface area (Å²) >= 11 is 0. The first kappa shape index (κ1) is 10.7. The van der Waals surface area contributed by atoms with E-state index in [0.717, 1.165) is 11.1 Å². The summed E-state index contributed by atoms with van der Waals surface area (Å²) in [5.74, 6) is 0. The van der Waals surface area contributed by atoms with Crippen LogP contribution in [0.25, 0.3) is 0 Å². The highest BCUT2D eigenvalue weighted by atomic mass is 16.3. The summed E-state index contributed by atoms with van der Waals surface area (Å²) in [7, 11) is 0. The molecular formula is C12H15NO. The molecule has 0 amide bonds. The summed E-state index contributed by atoms with van der Waals surface area (Å²) in [6.45, 7) is 3.90. The van der Waals surface area contributed by atoms with Gasteiger partial charge in [0.15, 0.2) is 0 Å². The van der Waals surface area contributed by atoms with Crippen molar-refractivity contribution < 1.29 is 5.11 Å². The summed E-state index contributed by atoms with van der Waals surface area (Å²) in [6.07, 6.45) is 0.479. The molecule has 1 rings (SSSR count). The molecule has 1 unspecified atom stereocenters. The Labute approximate surface area is 84.8 Å². The second-order valence-electron chi connectivity index (χ2n) is 3.79. The minimum atomic E-state index is -0.569. The van der Waals surface area contributed by atoms with E-state index in [1.807, 2.05) is 38.1 Å². The molecule has 1 N–H and O–H groups in total. The molecule has 0 aliphatic heterocycles. The first-order valence-electron chi connectivity index (χ1n) is 4.71. The molecule has 0 fully saturated rings. The number of aryl methyl sites for hydroxylation is 1. The van der Waals surface area contributed by atoms with Crippen molar-refractivity contribution in [2.24, 2.45) is 0 Å². The summed E-state index contributed by atoms with van der Waals surface area (Å²) in [5.41, 5.74) is 1.55. The zero-order chi connectivity index (χ0) is 10.6. The van der Waals surface area contributed by atoms with Crippen molar-refractivity contribution in [3.63, 3.8) is 0 Å². The minimum absolute atomic E-state index is 0.0397. The molecular weight excluding hydrogens is 174 g/mol. The lowest BCUT2D eigenvalue weighted by Crippen LogP contribution is -2.21. The fourth-order valence-electron chi connectivity index (χ4n) is 1.48. The van der Waals surface area contributed by atoms with Gasteiger partial charge in [0.05, 0.1) is 11.5 Å². The molecule has 0 aliphatic carbocycles. The average molecular weight is 189 g/mol. The van der Waals surface area contributed by atoms with E-state index in [0.29, 0.717) is 6.42 Å². The second-order valence-corrected chi connectivity index (χ2v) is 3.79. The standard InChI is InChI=1S/C12H15NO/c1-10-4-3-5-11(8-10)12(2,9-13)6-7-14/h3-5,8,14H,6-7H2,1-2H3. The summed E-state index contributed by atoms with van der Waals surface area (Å²) in [5, 5.41) is 18.0. The van der Waals surface area contributed by atoms with Gasteiger partial charge in [0, 0.05) is 6.61 Å². The van der Waals surface area contributed by atoms with Crippen molar-refractivity contribution in [2.75, 3.05) is 6.61 Å². The lowest BCUT2D eigenvalue weighted by Gasteiger charge is -2.21. The summed E-state index contributed by atoms with van der Waals surface area (Å²) < 4.78 is 0. The zero-order valence-corrected chi connectivity index (χ0v) is 8.62. The van der Waals surface area contributed by atoms with E-state index in [1.54, 1.807) is 0 Å². The van der Waals surface area contributed by atoms with E-state index < -0.39 is 5.41 Å². The van der Waals surface area contributed by atoms with Gasteiger partial charge in [-0.15, -0.1) is 0 Å². The smallest absolute Gasteiger partial charge is 0.0816 e. The van der Waals surface area contributed by atoms with E-state index in [9.17, 15) is 0 Å². The van der Waals surface area contributed by atoms with Crippen LogP contribution in [0.3, 0.4) is 0 Å². The highest BCUT2D eigenvalue weighted by molar-refractivity contribution is 5.34. The lowest BCUT2D eigenvalue weighted by atomic mass is 9.81. The minimum Gasteiger partial charge on any atom is -0.396 e. The molecule has 0 aromatic heterocycles. The topological polar surface area (TPSA) is 44.0 Å². The zero-order valence-electron chi connectivity index (χ0n) is 8.62. The molecule has 1 atom stereocenters. The predicted octanol–water partition coefficient (Wildman–Crippen LogP) is 2.16. The Hall–Kier alpha value is -1.33. The summed E-state index contributed by atoms with van der Waals surface area (Å²) in [4.78, 5) is 0. The maximum atomic E-state index is 9.10. The number of benzene rings is 1. The van der Waals surface area contributed by atoms with Gasteiger partial charge in [0.25, 0.3) is 0 Å². The lowest BCUT2D eigenvalue weighted by molar-refractivity contribution is 0.264. The van der Waals surface area contributed by atoms with Gasteiger partial charge in [-0.3, -0.25) is 0 Å². The fourth-order valence-corrected chi connectivity index (χ4v) is 1.48. The van der Waals surface area contributed by atoms with Gasteiger partial charge in [-0.05, 0) is 25.8 Å². The van der Waals surface area contributed by atoms with Crippen LogP contribution in [-0.4, -0.2) is 11.7 Å². The van der Waals surface area contributed by atoms with Crippen molar-refractivity contribution in [1.82, 2.24) is 0 Å². The van der Waals surface area contributed by atoms with Gasteiger partial charge in [-0.25, -0.2) is 0 Å². The van der Waals surface area contributed by atoms with Gasteiger partial charge in [-0.1, -0.05) is 29.8 Å². The first-order valence-corrected chi connectivity index (χ1v) is 4.71. The maximum Gasteiger partial charge on any atom is 0.0816 e. The Morgan fingerprint density at radius 2 is 2.21 bits per heavy atom. The molecule has 0 bridgehead atoms. The van der Waals surface area contributed by atoms with Gasteiger partial charge < -0.3 is 5.11 Å². The number of aliphatic hydroxyl groups excluding tert-OH is 1. The normalized spacial score (nSPS) is 14.4. The van der Waals surface area contributed by atoms with Crippen LogP contribution in [0, 0.1) is 18.3 Å². The van der Waals surface area contributed by atoms with Crippen LogP contribution in [0.5, 0.6) is 0 Å². The monoisotopic (exact) mass is 189 g/mol. The van der Waals surface area contributed by atoms with E-state index in [2.05, 4.69) is 6.07 Å². The average Bonchev–Trinajstić information content (AvgIpc) is 2.18. The first-order chi connectivity index (χ1) is 6.62. The fraction of sp³-hybridized carbons (Fsp3) is 0.417. The van der Waals surface area contributed by atoms with E-state index in [4.69, 9.17) is 10.4 Å². The molecule has 1 aromatic carbocycles. The van der Waals surface area contributed by atoms with Crippen molar-refractivity contribution in [2.45, 2.75) is 25.7 Å². The quantitative estimate of drug-likeness (QED) is 0.791. The number of hydrogen-bond acceptors (Lipinski definition) is 2. The van der Waals surface area contributed by atoms with Crippen LogP contribution in [0.2, 0.25) is 0 Å². The third-order valence-electron chi connectivity index (χ3n) is 2.51. The van der Waals surface area contributed by atoms with Gasteiger partial charge >= 0.3 is 0 Å². The summed E-state index contributed by atoms with van der Waals surface area (Å²) in [6, 6.07) is 10.1. The molecule has 0 spiro atoms. The molecule has 2 heteroatoms. The van der Waals surface area contributed by atoms with Crippen LogP contribution in [-0.2, 0) is 5.41 Å². The molecule has 0 radical (unpaired) electrons. The van der Waals surface area contributed by atoms with Gasteiger partial charge in [-0.2, -0.15) is 5.26 Å². The van der Waals surface area contributed by atoms with E-state index in [-0.39, 0.29) is 6.61 Å². The SMILES string of the molecule is Cc1cccc(C(C)(C#N)CCO)c1. The molecule has 14 heavy (non-hydrogen) atoms. The van der Waals surface area contributed by atoms with Crippen LogP contribution < -0.4 is 0 Å². The van der Waals surface area contributed by atoms with E-state index >= 15 is 0 Å². The Balaban J connectivity index is 3.07. The van der Waals surface area contributed by atoms with Crippen molar-refractivity contribution in [1.29, 1.82) is 5.26 Å². The van der Waals surface area contributed by atoms with Crippen LogP contribution in [0.1, 0.15) is 24.5 Å². The van der Waals surface area contributed by atoms with Crippen LogP contribution >= 0.6 is 0 Å². The van der Waals surface area contributed by atoms with Crippen LogP contribution in [0.4, 0.5) is 0 Å². The largest absolute Gasteiger partial charge is 0.396 e. The molecule has 74 valence electrons. The maximum absolute atomic E-state index is 9.10. The van der Waals surface area contributed by atoms with Gasteiger partial charge in [0.1, 0.15) is 0 Å². The molecule has 0 heterocycles. The number of hydrogen-bond donors (Lipinski definition) is 1. The van der Waals surface area contributed by atoms with Crippen molar-refractivity contribution >= 4 is 0 Å². The third-order valence-corrected chi connectivity index (χ3v) is 2.51. The molecule has 0 saturated heterocycles. The number of nitrogens with zero attached hydrogens (tertiary/aromatic N) is 1. The number of rotatable bonds is 3. The van der Waals surface area contributed by atoms with Crippen molar-refractivity contribution in [3.8, 4) is 6.07 Å². The van der Waals surface area contributed by atoms with Crippen molar-refractivity contribution in [3.05, 3.63) is 35.4 Å². The Morgan fingerprint density at radius 1 is 1.50 bits per heavy atom. The predicted molar refractivity (Wildman–Crippen MR) is 55.8 cm³/mol. The number of nitriles is 1. The molecule has 0 saturated carbocycles. The number of aliphatic hydroxyl groups is 1. The van der Waals surface area contributed by atoms with Crippen LogP contribution in [0.15, 0.2) is 24.3 Å². The Bertz CT molecular complexity index is 354. The Morgan fingerprint density at radius 3 is 2.71 bits per heavy atom. The molecule has 2 nitrogen and oxygen atoms in total. The Kier molecular flexibility index (Phi) is 3.27.